The maximum atomic E-state index is 13.5. The number of aromatic hydroxyl groups is 2. The molecule has 232 valence electrons. The number of phenols is 2. The number of aromatic nitrogens is 1. The van der Waals surface area contributed by atoms with Crippen molar-refractivity contribution in [3.8, 4) is 23.0 Å². The van der Waals surface area contributed by atoms with Crippen molar-refractivity contribution in [2.24, 2.45) is 0 Å². The predicted molar refractivity (Wildman–Crippen MR) is 164 cm³/mol. The zero-order valence-electron chi connectivity index (χ0n) is 24.8. The number of thiazole rings is 1. The molecule has 5 rings (SSSR count). The number of allylic oxidation sites excluding steroid dienone is 1. The fourth-order valence-electron chi connectivity index (χ4n) is 5.47. The molecule has 0 radical (unpaired) electrons. The number of aryl methyl sites for hydroxylation is 1. The molecule has 0 spiro atoms. The average molecular weight is 621 g/mol. The molecule has 10 nitrogen and oxygen atoms in total. The second-order valence-corrected chi connectivity index (χ2v) is 12.1. The Balaban J connectivity index is 1.54. The highest BCUT2D eigenvalue weighted by atomic mass is 32.1. The van der Waals surface area contributed by atoms with Crippen molar-refractivity contribution in [3.63, 3.8) is 0 Å². The summed E-state index contributed by atoms with van der Waals surface area (Å²) in [6.07, 6.45) is 5.98. The zero-order chi connectivity index (χ0) is 31.2. The molecule has 0 fully saturated rings. The van der Waals surface area contributed by atoms with E-state index in [1.165, 1.54) is 17.4 Å². The quantitative estimate of drug-likeness (QED) is 0.286. The number of benzene rings is 2. The fourth-order valence-corrected chi connectivity index (χ4v) is 6.08. The zero-order valence-corrected chi connectivity index (χ0v) is 25.6. The van der Waals surface area contributed by atoms with Gasteiger partial charge in [0, 0.05) is 36.1 Å². The van der Waals surface area contributed by atoms with E-state index in [4.69, 9.17) is 14.2 Å². The topological polar surface area (TPSA) is 144 Å². The van der Waals surface area contributed by atoms with Gasteiger partial charge in [0.15, 0.2) is 11.5 Å². The number of Topliss-reactive ketones (excluding diaryl/α,β-unsaturated/α-hetero) is 1. The minimum absolute atomic E-state index is 0.0204. The van der Waals surface area contributed by atoms with E-state index in [9.17, 15) is 24.6 Å². The average Bonchev–Trinajstić information content (AvgIpc) is 3.62. The van der Waals surface area contributed by atoms with Gasteiger partial charge in [-0.15, -0.1) is 11.3 Å². The van der Waals surface area contributed by atoms with Crippen molar-refractivity contribution < 1.29 is 38.8 Å². The van der Waals surface area contributed by atoms with Gasteiger partial charge in [-0.25, -0.2) is 9.78 Å². The van der Waals surface area contributed by atoms with E-state index in [0.717, 1.165) is 10.7 Å². The lowest BCUT2D eigenvalue weighted by molar-refractivity contribution is -0.121. The summed E-state index contributed by atoms with van der Waals surface area (Å²) in [5.74, 6) is -1.52. The molecule has 0 bridgehead atoms. The number of carbonyl (C=O) groups excluding carboxylic acids is 3. The Bertz CT molecular complexity index is 1580. The Labute approximate surface area is 259 Å². The summed E-state index contributed by atoms with van der Waals surface area (Å²) in [4.78, 5) is 43.4. The number of fused-ring (bicyclic) bond motifs is 2. The molecule has 11 heteroatoms. The van der Waals surface area contributed by atoms with Crippen molar-refractivity contribution in [2.45, 2.75) is 77.4 Å². The molecule has 0 aliphatic carbocycles. The van der Waals surface area contributed by atoms with E-state index in [2.05, 4.69) is 10.3 Å². The molecular formula is C33H36N2O8S. The van der Waals surface area contributed by atoms with Crippen molar-refractivity contribution in [1.29, 1.82) is 0 Å². The number of hydrogen-bond acceptors (Lipinski definition) is 10. The standard InChI is InChI=1S/C33H36N2O8S/c1-19-7-6-10-24(36)9-5-3-4-8-22-13-26(37)31(32(39)30(22)33(40)43-19)25(21-11-12-27-28(14-21)42-18-41-27)15-29(38)34-16-23-17-44-20(2)35-23/h4,8,11-14,17,19,25,37,39H,3,5-7,9-10,15-16,18H2,1-2H3,(H,34,38)/b8-4+/t19-,25?/m0/s1. The highest BCUT2D eigenvalue weighted by Gasteiger charge is 2.32. The fraction of sp³-hybridized carbons (Fsp3) is 0.394. The SMILES string of the molecule is Cc1nc(CNC(=O)CC(c2ccc3c(c2)OCO3)c2c(O)cc3c(c2O)C(=O)O[C@@H](C)CCCC(=O)CCC/C=C/3)cs1. The van der Waals surface area contributed by atoms with E-state index < -0.39 is 23.7 Å². The van der Waals surface area contributed by atoms with Crippen LogP contribution in [0.5, 0.6) is 23.0 Å². The summed E-state index contributed by atoms with van der Waals surface area (Å²) in [6, 6.07) is 6.55. The highest BCUT2D eigenvalue weighted by Crippen LogP contribution is 2.46. The maximum absolute atomic E-state index is 13.5. The number of phenolic OH excluding ortho intramolecular Hbond substituents is 2. The van der Waals surface area contributed by atoms with Crippen LogP contribution in [0.3, 0.4) is 0 Å². The third-order valence-corrected chi connectivity index (χ3v) is 8.54. The minimum Gasteiger partial charge on any atom is -0.507 e. The van der Waals surface area contributed by atoms with Crippen LogP contribution in [0.2, 0.25) is 0 Å². The lowest BCUT2D eigenvalue weighted by atomic mass is 9.84. The molecule has 1 unspecified atom stereocenters. The third kappa shape index (κ3) is 7.39. The second-order valence-electron chi connectivity index (χ2n) is 11.1. The molecule has 2 atom stereocenters. The monoisotopic (exact) mass is 620 g/mol. The maximum Gasteiger partial charge on any atom is 0.342 e. The predicted octanol–water partition coefficient (Wildman–Crippen LogP) is 5.91. The number of amides is 1. The first-order chi connectivity index (χ1) is 21.2. The molecule has 3 aromatic rings. The minimum atomic E-state index is -0.861. The van der Waals surface area contributed by atoms with Crippen LogP contribution in [-0.2, 0) is 20.9 Å². The van der Waals surface area contributed by atoms with E-state index in [1.807, 2.05) is 12.3 Å². The molecule has 0 saturated heterocycles. The van der Waals surface area contributed by atoms with E-state index >= 15 is 0 Å². The molecule has 2 aromatic carbocycles. The number of carbonyl (C=O) groups is 3. The summed E-state index contributed by atoms with van der Waals surface area (Å²) < 4.78 is 16.7. The summed E-state index contributed by atoms with van der Waals surface area (Å²) in [6.45, 7) is 3.90. The van der Waals surface area contributed by atoms with Gasteiger partial charge in [-0.05, 0) is 68.9 Å². The molecule has 1 amide bonds. The first-order valence-corrected chi connectivity index (χ1v) is 15.6. The number of nitrogens with zero attached hydrogens (tertiary/aromatic N) is 1. The van der Waals surface area contributed by atoms with Gasteiger partial charge in [0.05, 0.1) is 23.4 Å². The number of esters is 1. The molecule has 2 aliphatic rings. The number of ketones is 1. The summed E-state index contributed by atoms with van der Waals surface area (Å²) in [5.41, 5.74) is 1.50. The van der Waals surface area contributed by atoms with E-state index in [1.54, 1.807) is 37.3 Å². The van der Waals surface area contributed by atoms with Crippen LogP contribution < -0.4 is 14.8 Å². The number of hydrogen-bond donors (Lipinski definition) is 3. The molecule has 2 aliphatic heterocycles. The molecule has 3 heterocycles. The van der Waals surface area contributed by atoms with Crippen LogP contribution in [0.4, 0.5) is 0 Å². The van der Waals surface area contributed by atoms with Gasteiger partial charge >= 0.3 is 5.97 Å². The van der Waals surface area contributed by atoms with Gasteiger partial charge < -0.3 is 29.7 Å². The Morgan fingerprint density at radius 1 is 1.14 bits per heavy atom. The van der Waals surface area contributed by atoms with Crippen LogP contribution in [0, 0.1) is 6.92 Å². The lowest BCUT2D eigenvalue weighted by Gasteiger charge is -2.23. The van der Waals surface area contributed by atoms with Gasteiger partial charge in [-0.3, -0.25) is 9.59 Å². The first-order valence-electron chi connectivity index (χ1n) is 14.7. The second kappa shape index (κ2) is 13.9. The molecular weight excluding hydrogens is 584 g/mol. The van der Waals surface area contributed by atoms with Crippen LogP contribution in [0.1, 0.15) is 95.5 Å². The number of cyclic esters (lactones) is 1. The largest absolute Gasteiger partial charge is 0.507 e. The van der Waals surface area contributed by atoms with Gasteiger partial charge in [0.25, 0.3) is 0 Å². The van der Waals surface area contributed by atoms with Crippen LogP contribution in [0.25, 0.3) is 6.08 Å². The number of rotatable bonds is 6. The van der Waals surface area contributed by atoms with Gasteiger partial charge in [-0.2, -0.15) is 0 Å². The van der Waals surface area contributed by atoms with Crippen molar-refractivity contribution in [3.05, 3.63) is 68.7 Å². The van der Waals surface area contributed by atoms with Crippen LogP contribution in [0.15, 0.2) is 35.7 Å². The first kappa shape index (κ1) is 31.1. The number of nitrogens with one attached hydrogen (secondary N) is 1. The molecule has 0 saturated carbocycles. The van der Waals surface area contributed by atoms with E-state index in [0.29, 0.717) is 55.6 Å². The van der Waals surface area contributed by atoms with Crippen molar-refractivity contribution in [1.82, 2.24) is 10.3 Å². The molecule has 44 heavy (non-hydrogen) atoms. The summed E-state index contributed by atoms with van der Waals surface area (Å²) >= 11 is 1.48. The molecule has 1 aromatic heterocycles. The Morgan fingerprint density at radius 2 is 1.93 bits per heavy atom. The Morgan fingerprint density at radius 3 is 2.73 bits per heavy atom. The van der Waals surface area contributed by atoms with Gasteiger partial charge in [0.1, 0.15) is 22.8 Å². The summed E-state index contributed by atoms with van der Waals surface area (Å²) in [7, 11) is 0. The Hall–Kier alpha value is -4.38. The Kier molecular flexibility index (Phi) is 9.84. The normalized spacial score (nSPS) is 18.5. The van der Waals surface area contributed by atoms with Crippen molar-refractivity contribution in [2.75, 3.05) is 6.79 Å². The van der Waals surface area contributed by atoms with Crippen molar-refractivity contribution >= 4 is 35.1 Å². The molecule has 3 N–H and O–H groups in total. The lowest BCUT2D eigenvalue weighted by Crippen LogP contribution is -2.25. The van der Waals surface area contributed by atoms with Crippen LogP contribution in [-0.4, -0.2) is 45.8 Å². The third-order valence-electron chi connectivity index (χ3n) is 7.72. The van der Waals surface area contributed by atoms with Gasteiger partial charge in [0.2, 0.25) is 12.7 Å². The smallest absolute Gasteiger partial charge is 0.342 e. The van der Waals surface area contributed by atoms with Crippen LogP contribution >= 0.6 is 11.3 Å². The van der Waals surface area contributed by atoms with Gasteiger partial charge in [-0.1, -0.05) is 18.2 Å². The highest BCUT2D eigenvalue weighted by molar-refractivity contribution is 7.09. The van der Waals surface area contributed by atoms with E-state index in [-0.39, 0.29) is 53.9 Å². The summed E-state index contributed by atoms with van der Waals surface area (Å²) in [5, 5.41) is 28.7. The number of ether oxygens (including phenoxy) is 3.